The maximum Gasteiger partial charge on any atom is 0.248 e. The molecule has 4 rings (SSSR count). The number of allylic oxidation sites excluding steroid dienone is 2. The Morgan fingerprint density at radius 1 is 1.05 bits per heavy atom. The fraction of sp³-hybridized carbons (Fsp3) is 0.500. The van der Waals surface area contributed by atoms with Gasteiger partial charge < -0.3 is 5.73 Å². The number of primary amides is 1. The van der Waals surface area contributed by atoms with Crippen molar-refractivity contribution in [1.82, 2.24) is 0 Å². The van der Waals surface area contributed by atoms with Crippen LogP contribution >= 0.6 is 0 Å². The maximum atomic E-state index is 11.3. The molecular weight excluding hydrogens is 246 g/mol. The highest BCUT2D eigenvalue weighted by molar-refractivity contribution is 5.93. The lowest BCUT2D eigenvalue weighted by atomic mass is 9.69. The Bertz CT molecular complexity index is 614. The molecule has 20 heavy (non-hydrogen) atoms. The molecule has 0 aliphatic heterocycles. The standard InChI is InChI=1S/C18H21NO/c19-18(20)13-6-7-15-12(10-13)5-9-16-14-3-1-2-11(14)4-8-17(15)16/h6-7,10-11,17H,1-5,8-9H2,(H2,19,20). The fourth-order valence-corrected chi connectivity index (χ4v) is 4.69. The molecule has 2 N–H and O–H groups in total. The number of fused-ring (bicyclic) bond motifs is 4. The number of rotatable bonds is 1. The minimum absolute atomic E-state index is 0.309. The van der Waals surface area contributed by atoms with Crippen LogP contribution in [0.4, 0.5) is 0 Å². The summed E-state index contributed by atoms with van der Waals surface area (Å²) < 4.78 is 0. The SMILES string of the molecule is NC(=O)c1ccc2c(c1)CCC1=C3CCCC3CCC12. The Hall–Kier alpha value is -1.57. The molecule has 1 fully saturated rings. The summed E-state index contributed by atoms with van der Waals surface area (Å²) in [5, 5.41) is 0. The molecule has 1 saturated carbocycles. The van der Waals surface area contributed by atoms with Gasteiger partial charge in [0.1, 0.15) is 0 Å². The van der Waals surface area contributed by atoms with E-state index in [0.29, 0.717) is 11.5 Å². The molecule has 3 aliphatic rings. The Morgan fingerprint density at radius 3 is 2.80 bits per heavy atom. The molecule has 0 radical (unpaired) electrons. The van der Waals surface area contributed by atoms with E-state index in [0.717, 1.165) is 12.3 Å². The van der Waals surface area contributed by atoms with E-state index in [1.807, 2.05) is 12.1 Å². The Balaban J connectivity index is 1.78. The smallest absolute Gasteiger partial charge is 0.248 e. The third-order valence-corrected chi connectivity index (χ3v) is 5.59. The number of hydrogen-bond acceptors (Lipinski definition) is 1. The van der Waals surface area contributed by atoms with Crippen LogP contribution in [-0.4, -0.2) is 5.91 Å². The zero-order chi connectivity index (χ0) is 13.7. The highest BCUT2D eigenvalue weighted by Crippen LogP contribution is 2.51. The molecule has 3 aliphatic carbocycles. The first-order chi connectivity index (χ1) is 9.74. The van der Waals surface area contributed by atoms with Crippen LogP contribution in [0.5, 0.6) is 0 Å². The molecular formula is C18H21NO. The highest BCUT2D eigenvalue weighted by Gasteiger charge is 2.35. The van der Waals surface area contributed by atoms with Crippen molar-refractivity contribution >= 4 is 5.91 Å². The number of amides is 1. The van der Waals surface area contributed by atoms with Crippen LogP contribution in [0.1, 0.15) is 65.9 Å². The zero-order valence-corrected chi connectivity index (χ0v) is 11.8. The quantitative estimate of drug-likeness (QED) is 0.774. The molecule has 2 heteroatoms. The number of aryl methyl sites for hydroxylation is 1. The first kappa shape index (κ1) is 12.2. The van der Waals surface area contributed by atoms with Gasteiger partial charge in [-0.15, -0.1) is 0 Å². The van der Waals surface area contributed by atoms with Gasteiger partial charge in [-0.2, -0.15) is 0 Å². The van der Waals surface area contributed by atoms with E-state index in [9.17, 15) is 4.79 Å². The van der Waals surface area contributed by atoms with Gasteiger partial charge in [0.2, 0.25) is 5.91 Å². The second kappa shape index (κ2) is 4.47. The molecule has 0 spiro atoms. The second-order valence-corrected chi connectivity index (χ2v) is 6.55. The van der Waals surface area contributed by atoms with E-state index in [-0.39, 0.29) is 5.91 Å². The lowest BCUT2D eigenvalue weighted by Crippen LogP contribution is -2.22. The Kier molecular flexibility index (Phi) is 2.73. The van der Waals surface area contributed by atoms with E-state index in [4.69, 9.17) is 5.73 Å². The lowest BCUT2D eigenvalue weighted by molar-refractivity contribution is 0.1000. The Morgan fingerprint density at radius 2 is 1.95 bits per heavy atom. The molecule has 2 atom stereocenters. The maximum absolute atomic E-state index is 11.3. The van der Waals surface area contributed by atoms with Crippen molar-refractivity contribution in [1.29, 1.82) is 0 Å². The molecule has 0 heterocycles. The van der Waals surface area contributed by atoms with Gasteiger partial charge in [-0.3, -0.25) is 4.79 Å². The van der Waals surface area contributed by atoms with Crippen LogP contribution < -0.4 is 5.73 Å². The van der Waals surface area contributed by atoms with Crippen molar-refractivity contribution in [2.24, 2.45) is 11.7 Å². The van der Waals surface area contributed by atoms with Crippen molar-refractivity contribution in [2.75, 3.05) is 0 Å². The summed E-state index contributed by atoms with van der Waals surface area (Å²) in [7, 11) is 0. The van der Waals surface area contributed by atoms with Gasteiger partial charge in [0.25, 0.3) is 0 Å². The van der Waals surface area contributed by atoms with Crippen LogP contribution in [0, 0.1) is 5.92 Å². The summed E-state index contributed by atoms with van der Waals surface area (Å²) in [4.78, 5) is 11.3. The van der Waals surface area contributed by atoms with E-state index in [2.05, 4.69) is 6.07 Å². The van der Waals surface area contributed by atoms with Crippen LogP contribution in [0.2, 0.25) is 0 Å². The average Bonchev–Trinajstić information content (AvgIpc) is 2.94. The van der Waals surface area contributed by atoms with E-state index in [1.54, 1.807) is 11.1 Å². The number of hydrogen-bond donors (Lipinski definition) is 1. The normalized spacial score (nSPS) is 27.8. The van der Waals surface area contributed by atoms with E-state index >= 15 is 0 Å². The molecule has 1 amide bonds. The highest BCUT2D eigenvalue weighted by atomic mass is 16.1. The number of benzene rings is 1. The summed E-state index contributed by atoms with van der Waals surface area (Å²) in [5.74, 6) is 1.22. The number of carbonyl (C=O) groups is 1. The number of carbonyl (C=O) groups excluding carboxylic acids is 1. The van der Waals surface area contributed by atoms with E-state index < -0.39 is 0 Å². The van der Waals surface area contributed by atoms with Crippen LogP contribution in [0.25, 0.3) is 0 Å². The summed E-state index contributed by atoms with van der Waals surface area (Å²) in [5.41, 5.74) is 12.4. The molecule has 0 bridgehead atoms. The third-order valence-electron chi connectivity index (χ3n) is 5.59. The molecule has 1 aromatic rings. The fourth-order valence-electron chi connectivity index (χ4n) is 4.69. The summed E-state index contributed by atoms with van der Waals surface area (Å²) in [6, 6.07) is 6.10. The molecule has 2 unspecified atom stereocenters. The zero-order valence-electron chi connectivity index (χ0n) is 11.8. The van der Waals surface area contributed by atoms with Crippen molar-refractivity contribution in [2.45, 2.75) is 50.9 Å². The second-order valence-electron chi connectivity index (χ2n) is 6.55. The minimum Gasteiger partial charge on any atom is -0.366 e. The van der Waals surface area contributed by atoms with Crippen molar-refractivity contribution in [3.05, 3.63) is 46.0 Å². The van der Waals surface area contributed by atoms with Gasteiger partial charge in [0, 0.05) is 11.5 Å². The topological polar surface area (TPSA) is 43.1 Å². The number of nitrogens with two attached hydrogens (primary N) is 1. The third kappa shape index (κ3) is 1.74. The van der Waals surface area contributed by atoms with Crippen LogP contribution in [0.3, 0.4) is 0 Å². The van der Waals surface area contributed by atoms with Crippen molar-refractivity contribution < 1.29 is 4.79 Å². The predicted octanol–water partition coefficient (Wildman–Crippen LogP) is 3.71. The van der Waals surface area contributed by atoms with Crippen molar-refractivity contribution in [3.8, 4) is 0 Å². The molecule has 1 aromatic carbocycles. The molecule has 104 valence electrons. The largest absolute Gasteiger partial charge is 0.366 e. The van der Waals surface area contributed by atoms with Gasteiger partial charge in [-0.05, 0) is 74.1 Å². The first-order valence-electron chi connectivity index (χ1n) is 7.88. The molecule has 0 saturated heterocycles. The summed E-state index contributed by atoms with van der Waals surface area (Å²) >= 11 is 0. The molecule has 0 aromatic heterocycles. The first-order valence-corrected chi connectivity index (χ1v) is 7.88. The monoisotopic (exact) mass is 267 g/mol. The van der Waals surface area contributed by atoms with Crippen LogP contribution in [0.15, 0.2) is 29.3 Å². The predicted molar refractivity (Wildman–Crippen MR) is 79.6 cm³/mol. The van der Waals surface area contributed by atoms with Gasteiger partial charge in [0.05, 0.1) is 0 Å². The van der Waals surface area contributed by atoms with Gasteiger partial charge >= 0.3 is 0 Å². The van der Waals surface area contributed by atoms with Crippen molar-refractivity contribution in [3.63, 3.8) is 0 Å². The Labute approximate surface area is 120 Å². The summed E-state index contributed by atoms with van der Waals surface area (Å²) in [6.07, 6.45) is 9.09. The molecule has 2 nitrogen and oxygen atoms in total. The van der Waals surface area contributed by atoms with E-state index in [1.165, 1.54) is 49.7 Å². The van der Waals surface area contributed by atoms with Gasteiger partial charge in [-0.1, -0.05) is 17.2 Å². The average molecular weight is 267 g/mol. The van der Waals surface area contributed by atoms with Gasteiger partial charge in [0.15, 0.2) is 0 Å². The lowest BCUT2D eigenvalue weighted by Gasteiger charge is -2.36. The van der Waals surface area contributed by atoms with Crippen LogP contribution in [-0.2, 0) is 6.42 Å². The van der Waals surface area contributed by atoms with Gasteiger partial charge in [-0.25, -0.2) is 0 Å². The summed E-state index contributed by atoms with van der Waals surface area (Å²) in [6.45, 7) is 0. The minimum atomic E-state index is -0.309.